The van der Waals surface area contributed by atoms with Crippen LogP contribution in [0.25, 0.3) is 5.69 Å². The maximum atomic E-state index is 14.5. The van der Waals surface area contributed by atoms with Gasteiger partial charge in [-0.05, 0) is 26.0 Å². The topological polar surface area (TPSA) is 114 Å². The van der Waals surface area contributed by atoms with Crippen molar-refractivity contribution in [2.75, 3.05) is 7.05 Å². The summed E-state index contributed by atoms with van der Waals surface area (Å²) in [4.78, 5) is 24.7. The monoisotopic (exact) mass is 502 g/mol. The lowest BCUT2D eigenvalue weighted by Crippen LogP contribution is -2.43. The van der Waals surface area contributed by atoms with Crippen LogP contribution in [0.5, 0.6) is 0 Å². The van der Waals surface area contributed by atoms with Crippen molar-refractivity contribution in [1.82, 2.24) is 18.2 Å². The standard InChI is InChI=1S/C17H19ClF4N4O5S/c1-8(2)25(4)32(30,31)23-15(28)9-5-12(11(19)6-10(9)18)26-14(27)7-13(17(20,21)22)24(3)16(26)29/h5-8,15,23,28H,1-4H3. The number of alkyl halides is 3. The minimum Gasteiger partial charge on any atom is -0.373 e. The van der Waals surface area contributed by atoms with Crippen molar-refractivity contribution in [2.24, 2.45) is 7.05 Å². The first-order chi connectivity index (χ1) is 14.5. The predicted molar refractivity (Wildman–Crippen MR) is 107 cm³/mol. The van der Waals surface area contributed by atoms with E-state index < -0.39 is 67.7 Å². The van der Waals surface area contributed by atoms with Crippen LogP contribution in [-0.2, 0) is 23.4 Å². The van der Waals surface area contributed by atoms with E-state index in [4.69, 9.17) is 11.6 Å². The molecule has 1 aromatic heterocycles. The predicted octanol–water partition coefficient (Wildman–Crippen LogP) is 1.51. The van der Waals surface area contributed by atoms with E-state index in [0.29, 0.717) is 12.1 Å². The van der Waals surface area contributed by atoms with Gasteiger partial charge < -0.3 is 5.11 Å². The summed E-state index contributed by atoms with van der Waals surface area (Å²) in [5, 5.41) is 9.86. The van der Waals surface area contributed by atoms with Gasteiger partial charge in [0.05, 0.1) is 10.7 Å². The molecular weight excluding hydrogens is 484 g/mol. The van der Waals surface area contributed by atoms with Crippen LogP contribution in [0.15, 0.2) is 27.8 Å². The van der Waals surface area contributed by atoms with Gasteiger partial charge in [0.25, 0.3) is 15.8 Å². The third-order valence-corrected chi connectivity index (χ3v) is 6.61. The lowest BCUT2D eigenvalue weighted by Gasteiger charge is -2.24. The van der Waals surface area contributed by atoms with Crippen LogP contribution < -0.4 is 16.0 Å². The second-order valence-electron chi connectivity index (χ2n) is 7.00. The second-order valence-corrected chi connectivity index (χ2v) is 9.17. The zero-order chi connectivity index (χ0) is 24.8. The van der Waals surface area contributed by atoms with Gasteiger partial charge in [-0.15, -0.1) is 0 Å². The van der Waals surface area contributed by atoms with E-state index in [1.165, 1.54) is 7.05 Å². The van der Waals surface area contributed by atoms with Crippen LogP contribution in [0.3, 0.4) is 0 Å². The lowest BCUT2D eigenvalue weighted by atomic mass is 10.1. The van der Waals surface area contributed by atoms with Crippen LogP contribution in [0.4, 0.5) is 17.6 Å². The maximum Gasteiger partial charge on any atom is 0.431 e. The number of rotatable bonds is 6. The average molecular weight is 503 g/mol. The first kappa shape index (κ1) is 26.0. The Balaban J connectivity index is 2.66. The molecule has 1 aromatic carbocycles. The Kier molecular flexibility index (Phi) is 7.26. The molecule has 0 radical (unpaired) electrons. The first-order valence-electron chi connectivity index (χ1n) is 8.82. The number of nitrogens with zero attached hydrogens (tertiary/aromatic N) is 3. The van der Waals surface area contributed by atoms with E-state index in [-0.39, 0.29) is 15.2 Å². The van der Waals surface area contributed by atoms with E-state index >= 15 is 0 Å². The Morgan fingerprint density at radius 1 is 1.19 bits per heavy atom. The van der Waals surface area contributed by atoms with Gasteiger partial charge in [0.1, 0.15) is 17.7 Å². The van der Waals surface area contributed by atoms with Gasteiger partial charge in [-0.3, -0.25) is 9.36 Å². The Morgan fingerprint density at radius 3 is 2.25 bits per heavy atom. The molecule has 1 unspecified atom stereocenters. The highest BCUT2D eigenvalue weighted by Crippen LogP contribution is 2.29. The summed E-state index contributed by atoms with van der Waals surface area (Å²) in [5.41, 5.74) is -5.85. The number of aliphatic hydroxyl groups is 1. The van der Waals surface area contributed by atoms with E-state index in [2.05, 4.69) is 0 Å². The van der Waals surface area contributed by atoms with Crippen molar-refractivity contribution in [2.45, 2.75) is 32.3 Å². The molecule has 32 heavy (non-hydrogen) atoms. The van der Waals surface area contributed by atoms with Crippen molar-refractivity contribution in [3.63, 3.8) is 0 Å². The van der Waals surface area contributed by atoms with Crippen molar-refractivity contribution in [3.8, 4) is 5.69 Å². The van der Waals surface area contributed by atoms with Crippen LogP contribution >= 0.6 is 11.6 Å². The summed E-state index contributed by atoms with van der Waals surface area (Å²) in [6.45, 7) is 3.11. The zero-order valence-electron chi connectivity index (χ0n) is 17.1. The molecule has 0 aliphatic rings. The van der Waals surface area contributed by atoms with Gasteiger partial charge in [0.2, 0.25) is 0 Å². The van der Waals surface area contributed by atoms with Crippen LogP contribution in [0.1, 0.15) is 31.3 Å². The summed E-state index contributed by atoms with van der Waals surface area (Å²) in [6, 6.07) is 0.884. The molecule has 15 heteroatoms. The number of nitrogens with one attached hydrogen (secondary N) is 1. The molecule has 0 amide bonds. The summed E-state index contributed by atoms with van der Waals surface area (Å²) >= 11 is 5.88. The van der Waals surface area contributed by atoms with Gasteiger partial charge in [0.15, 0.2) is 0 Å². The van der Waals surface area contributed by atoms with Gasteiger partial charge in [0, 0.05) is 31.8 Å². The molecule has 9 nitrogen and oxygen atoms in total. The summed E-state index contributed by atoms with van der Waals surface area (Å²) < 4.78 is 81.2. The highest BCUT2D eigenvalue weighted by Gasteiger charge is 2.35. The molecule has 0 bridgehead atoms. The minimum absolute atomic E-state index is 0.103. The second kappa shape index (κ2) is 8.94. The fourth-order valence-electron chi connectivity index (χ4n) is 2.62. The summed E-state index contributed by atoms with van der Waals surface area (Å²) in [5.74, 6) is -1.27. The van der Waals surface area contributed by atoms with Gasteiger partial charge in [-0.25, -0.2) is 13.8 Å². The summed E-state index contributed by atoms with van der Waals surface area (Å²) in [7, 11) is -2.27. The quantitative estimate of drug-likeness (QED) is 0.459. The molecule has 2 aromatic rings. The number of halogens is 5. The van der Waals surface area contributed by atoms with Gasteiger partial charge >= 0.3 is 11.9 Å². The van der Waals surface area contributed by atoms with E-state index in [1.807, 2.05) is 4.72 Å². The SMILES string of the molecule is CC(C)N(C)S(=O)(=O)NC(O)c1cc(-n2c(=O)cc(C(F)(F)F)n(C)c2=O)c(F)cc1Cl. The van der Waals surface area contributed by atoms with Crippen LogP contribution in [0, 0.1) is 5.82 Å². The van der Waals surface area contributed by atoms with Gasteiger partial charge in [-0.2, -0.15) is 30.6 Å². The molecule has 178 valence electrons. The highest BCUT2D eigenvalue weighted by molar-refractivity contribution is 7.87. The summed E-state index contributed by atoms with van der Waals surface area (Å²) in [6.07, 6.45) is -7.06. The Labute approximate surface area is 184 Å². The average Bonchev–Trinajstić information content (AvgIpc) is 2.64. The molecule has 2 rings (SSSR count). The highest BCUT2D eigenvalue weighted by atomic mass is 35.5. The number of aromatic nitrogens is 2. The molecule has 1 heterocycles. The number of benzene rings is 1. The molecular formula is C17H19ClF4N4O5S. The Bertz CT molecular complexity index is 1260. The third-order valence-electron chi connectivity index (χ3n) is 4.58. The molecule has 2 N–H and O–H groups in total. The fourth-order valence-corrected chi connectivity index (χ4v) is 4.00. The van der Waals surface area contributed by atoms with Crippen LogP contribution in [0.2, 0.25) is 5.02 Å². The molecule has 0 fully saturated rings. The van der Waals surface area contributed by atoms with E-state index in [0.717, 1.165) is 11.4 Å². The number of hydrogen-bond acceptors (Lipinski definition) is 5. The normalized spacial score (nSPS) is 13.8. The zero-order valence-corrected chi connectivity index (χ0v) is 18.7. The lowest BCUT2D eigenvalue weighted by molar-refractivity contribution is -0.144. The van der Waals surface area contributed by atoms with Crippen molar-refractivity contribution >= 4 is 21.8 Å². The van der Waals surface area contributed by atoms with Crippen molar-refractivity contribution < 1.29 is 31.1 Å². The molecule has 1 atom stereocenters. The molecule has 0 saturated carbocycles. The number of aliphatic hydroxyl groups excluding tert-OH is 1. The van der Waals surface area contributed by atoms with Crippen LogP contribution in [-0.4, -0.2) is 40.1 Å². The molecule has 0 spiro atoms. The maximum absolute atomic E-state index is 14.5. The van der Waals surface area contributed by atoms with E-state index in [9.17, 15) is 40.7 Å². The van der Waals surface area contributed by atoms with E-state index in [1.54, 1.807) is 13.8 Å². The number of hydrogen-bond donors (Lipinski definition) is 2. The first-order valence-corrected chi connectivity index (χ1v) is 10.6. The Morgan fingerprint density at radius 2 is 1.75 bits per heavy atom. The Hall–Kier alpha value is -2.26. The molecule has 0 saturated heterocycles. The molecule has 0 aliphatic carbocycles. The fraction of sp³-hybridized carbons (Fsp3) is 0.412. The third kappa shape index (κ3) is 5.04. The smallest absolute Gasteiger partial charge is 0.373 e. The van der Waals surface area contributed by atoms with Crippen molar-refractivity contribution in [3.05, 3.63) is 61.1 Å². The molecule has 0 aliphatic heterocycles. The largest absolute Gasteiger partial charge is 0.431 e. The van der Waals surface area contributed by atoms with Crippen molar-refractivity contribution in [1.29, 1.82) is 0 Å². The van der Waals surface area contributed by atoms with Gasteiger partial charge in [-0.1, -0.05) is 11.6 Å². The minimum atomic E-state index is -5.02.